The van der Waals surface area contributed by atoms with Crippen LogP contribution in [0.4, 0.5) is 0 Å². The molecule has 0 radical (unpaired) electrons. The summed E-state index contributed by atoms with van der Waals surface area (Å²) in [6.45, 7) is 4.18. The van der Waals surface area contributed by atoms with E-state index in [2.05, 4.69) is 4.90 Å². The summed E-state index contributed by atoms with van der Waals surface area (Å²) < 4.78 is 5.75. The summed E-state index contributed by atoms with van der Waals surface area (Å²) in [6, 6.07) is 3.63. The first-order valence-corrected chi connectivity index (χ1v) is 9.84. The number of aliphatic hydroxyl groups excluding tert-OH is 1. The van der Waals surface area contributed by atoms with Crippen LogP contribution in [0, 0.1) is 5.41 Å². The minimum Gasteiger partial charge on any atom is -0.455 e. The Morgan fingerprint density at radius 2 is 2.11 bits per heavy atom. The average Bonchev–Trinajstić information content (AvgIpc) is 3.10. The summed E-state index contributed by atoms with van der Waals surface area (Å²) in [5, 5.41) is 9.08. The summed E-state index contributed by atoms with van der Waals surface area (Å²) in [5.41, 5.74) is 0.135. The molecule has 1 aromatic heterocycles. The molecule has 0 unspecified atom stereocenters. The van der Waals surface area contributed by atoms with Gasteiger partial charge in [0.2, 0.25) is 5.91 Å². The quantitative estimate of drug-likeness (QED) is 0.814. The van der Waals surface area contributed by atoms with Gasteiger partial charge in [-0.3, -0.25) is 14.5 Å². The second kappa shape index (κ2) is 8.44. The van der Waals surface area contributed by atoms with Gasteiger partial charge in [-0.1, -0.05) is 0 Å². The molecule has 3 rings (SSSR count). The topological polar surface area (TPSA) is 77.2 Å². The maximum atomic E-state index is 12.2. The number of nitrogens with zero attached hydrogens (tertiary/aromatic N) is 3. The molecule has 1 N–H and O–H groups in total. The lowest BCUT2D eigenvalue weighted by Gasteiger charge is -2.48. The summed E-state index contributed by atoms with van der Waals surface area (Å²) in [7, 11) is 3.43. The van der Waals surface area contributed by atoms with Gasteiger partial charge in [0.15, 0.2) is 5.76 Å². The third-order valence-electron chi connectivity index (χ3n) is 5.73. The van der Waals surface area contributed by atoms with E-state index in [1.54, 1.807) is 20.2 Å². The lowest BCUT2D eigenvalue weighted by molar-refractivity contribution is -0.139. The van der Waals surface area contributed by atoms with Crippen molar-refractivity contribution in [1.82, 2.24) is 14.7 Å². The molecular weight excluding hydrogens is 346 g/mol. The molecule has 0 aromatic carbocycles. The maximum absolute atomic E-state index is 12.2. The van der Waals surface area contributed by atoms with Gasteiger partial charge < -0.3 is 19.3 Å². The van der Waals surface area contributed by atoms with E-state index in [-0.39, 0.29) is 23.8 Å². The van der Waals surface area contributed by atoms with Gasteiger partial charge in [0, 0.05) is 52.2 Å². The maximum Gasteiger partial charge on any atom is 0.289 e. The number of likely N-dealkylation sites (tertiary alicyclic amines) is 2. The number of carbonyl (C=O) groups excluding carboxylic acids is 2. The minimum absolute atomic E-state index is 0.120. The van der Waals surface area contributed by atoms with E-state index in [0.29, 0.717) is 31.7 Å². The second-order valence-electron chi connectivity index (χ2n) is 8.17. The monoisotopic (exact) mass is 377 g/mol. The van der Waals surface area contributed by atoms with Gasteiger partial charge in [0.05, 0.1) is 6.54 Å². The Hall–Kier alpha value is -1.86. The van der Waals surface area contributed by atoms with E-state index in [9.17, 15) is 9.59 Å². The highest BCUT2D eigenvalue weighted by molar-refractivity contribution is 5.91. The van der Waals surface area contributed by atoms with Gasteiger partial charge in [0.25, 0.3) is 5.91 Å². The summed E-state index contributed by atoms with van der Waals surface area (Å²) in [5.74, 6) is 1.27. The normalized spacial score (nSPS) is 23.8. The number of piperidine rings is 2. The number of carbonyl (C=O) groups is 2. The zero-order valence-electron chi connectivity index (χ0n) is 16.4. The molecule has 1 aromatic rings. The lowest BCUT2D eigenvalue weighted by atomic mass is 9.73. The van der Waals surface area contributed by atoms with Crippen molar-refractivity contribution in [2.45, 2.75) is 38.6 Å². The minimum atomic E-state index is -0.123. The van der Waals surface area contributed by atoms with Crippen molar-refractivity contribution in [3.05, 3.63) is 23.7 Å². The third-order valence-corrected chi connectivity index (χ3v) is 5.73. The zero-order valence-corrected chi connectivity index (χ0v) is 16.4. The van der Waals surface area contributed by atoms with E-state index < -0.39 is 0 Å². The first-order chi connectivity index (χ1) is 12.9. The van der Waals surface area contributed by atoms with Crippen molar-refractivity contribution in [1.29, 1.82) is 0 Å². The van der Waals surface area contributed by atoms with Crippen LogP contribution in [-0.2, 0) is 11.3 Å². The number of amides is 2. The Balaban J connectivity index is 1.62. The molecule has 0 bridgehead atoms. The largest absolute Gasteiger partial charge is 0.455 e. The predicted octanol–water partition coefficient (Wildman–Crippen LogP) is 1.57. The molecule has 1 atom stereocenters. The van der Waals surface area contributed by atoms with E-state index in [0.717, 1.165) is 44.7 Å². The first-order valence-electron chi connectivity index (χ1n) is 9.84. The Kier molecular flexibility index (Phi) is 6.22. The molecule has 27 heavy (non-hydrogen) atoms. The second-order valence-corrected chi connectivity index (χ2v) is 8.17. The van der Waals surface area contributed by atoms with Crippen LogP contribution in [0.1, 0.15) is 48.4 Å². The van der Waals surface area contributed by atoms with Crippen LogP contribution >= 0.6 is 0 Å². The molecule has 0 aliphatic carbocycles. The Morgan fingerprint density at radius 3 is 2.85 bits per heavy atom. The molecule has 2 aliphatic heterocycles. The Labute approximate surface area is 160 Å². The summed E-state index contributed by atoms with van der Waals surface area (Å²) >= 11 is 0. The van der Waals surface area contributed by atoms with Crippen molar-refractivity contribution in [3.63, 3.8) is 0 Å². The fourth-order valence-corrected chi connectivity index (χ4v) is 4.36. The van der Waals surface area contributed by atoms with Crippen molar-refractivity contribution in [2.75, 3.05) is 46.9 Å². The van der Waals surface area contributed by atoms with Crippen molar-refractivity contribution < 1.29 is 19.1 Å². The standard InChI is InChI=1S/C20H31N3O4/c1-21(2)19(26)17-6-5-16(27-17)13-22-10-3-8-20(14-22)9-7-18(25)23(15-20)11-4-12-24/h5-6,24H,3-4,7-15H2,1-2H3/t20-/m1/s1. The van der Waals surface area contributed by atoms with Crippen molar-refractivity contribution >= 4 is 11.8 Å². The summed E-state index contributed by atoms with van der Waals surface area (Å²) in [6.07, 6.45) is 4.41. The molecule has 7 nitrogen and oxygen atoms in total. The van der Waals surface area contributed by atoms with Crippen LogP contribution in [0.25, 0.3) is 0 Å². The van der Waals surface area contributed by atoms with Crippen LogP contribution in [0.3, 0.4) is 0 Å². The fourth-order valence-electron chi connectivity index (χ4n) is 4.36. The highest BCUT2D eigenvalue weighted by Gasteiger charge is 2.41. The van der Waals surface area contributed by atoms with Crippen LogP contribution in [0.15, 0.2) is 16.5 Å². The molecule has 0 saturated carbocycles. The Morgan fingerprint density at radius 1 is 1.30 bits per heavy atom. The van der Waals surface area contributed by atoms with E-state index in [1.165, 1.54) is 4.90 Å². The van der Waals surface area contributed by atoms with E-state index in [4.69, 9.17) is 9.52 Å². The highest BCUT2D eigenvalue weighted by Crippen LogP contribution is 2.39. The smallest absolute Gasteiger partial charge is 0.289 e. The van der Waals surface area contributed by atoms with Gasteiger partial charge in [-0.15, -0.1) is 0 Å². The zero-order chi connectivity index (χ0) is 19.4. The van der Waals surface area contributed by atoms with Crippen molar-refractivity contribution in [2.24, 2.45) is 5.41 Å². The number of rotatable bonds is 6. The van der Waals surface area contributed by atoms with Gasteiger partial charge in [-0.05, 0) is 44.4 Å². The molecule has 7 heteroatoms. The van der Waals surface area contributed by atoms with Crippen molar-refractivity contribution in [3.8, 4) is 0 Å². The molecule has 2 saturated heterocycles. The Bertz CT molecular complexity index is 672. The molecule has 150 valence electrons. The van der Waals surface area contributed by atoms with Crippen LogP contribution < -0.4 is 0 Å². The molecule has 2 aliphatic rings. The number of hydrogen-bond donors (Lipinski definition) is 1. The number of aliphatic hydroxyl groups is 1. The van der Waals surface area contributed by atoms with Crippen LogP contribution in [-0.4, -0.2) is 78.5 Å². The van der Waals surface area contributed by atoms with E-state index >= 15 is 0 Å². The van der Waals surface area contributed by atoms with E-state index in [1.807, 2.05) is 11.0 Å². The lowest BCUT2D eigenvalue weighted by Crippen LogP contribution is -2.54. The summed E-state index contributed by atoms with van der Waals surface area (Å²) in [4.78, 5) is 30.0. The first kappa shape index (κ1) is 19.9. The predicted molar refractivity (Wildman–Crippen MR) is 101 cm³/mol. The average molecular weight is 377 g/mol. The molecule has 1 spiro atoms. The SMILES string of the molecule is CN(C)C(=O)c1ccc(CN2CCC[C@@]3(CCC(=O)N(CCCO)C3)C2)o1. The molecule has 2 amide bonds. The van der Waals surface area contributed by atoms with Gasteiger partial charge in [-0.2, -0.15) is 0 Å². The van der Waals surface area contributed by atoms with Gasteiger partial charge in [-0.25, -0.2) is 0 Å². The molecule has 3 heterocycles. The van der Waals surface area contributed by atoms with Gasteiger partial charge >= 0.3 is 0 Å². The number of furan rings is 1. The number of hydrogen-bond acceptors (Lipinski definition) is 5. The van der Waals surface area contributed by atoms with Gasteiger partial charge in [0.1, 0.15) is 5.76 Å². The molecule has 2 fully saturated rings. The molecular formula is C20H31N3O4. The van der Waals surface area contributed by atoms with Crippen LogP contribution in [0.5, 0.6) is 0 Å². The fraction of sp³-hybridized carbons (Fsp3) is 0.700. The highest BCUT2D eigenvalue weighted by atomic mass is 16.4. The van der Waals surface area contributed by atoms with Crippen LogP contribution in [0.2, 0.25) is 0 Å². The third kappa shape index (κ3) is 4.71.